The standard InChI is InChI=1S/C12H16N2O/c15-9-14-12-3-1-10(2-4-12)11-5-7-13-8-6-11/h1-4,9,11,13H,5-8H2,(H,14,15). The predicted molar refractivity (Wildman–Crippen MR) is 61.0 cm³/mol. The first-order valence-corrected chi connectivity index (χ1v) is 5.41. The number of nitrogens with one attached hydrogen (secondary N) is 2. The van der Waals surface area contributed by atoms with E-state index >= 15 is 0 Å². The van der Waals surface area contributed by atoms with E-state index < -0.39 is 0 Å². The number of hydrogen-bond donors (Lipinski definition) is 2. The Kier molecular flexibility index (Phi) is 3.35. The Hall–Kier alpha value is -1.35. The number of benzene rings is 1. The molecule has 80 valence electrons. The lowest BCUT2D eigenvalue weighted by atomic mass is 9.90. The van der Waals surface area contributed by atoms with Crippen LogP contribution in [0.1, 0.15) is 24.3 Å². The van der Waals surface area contributed by atoms with Gasteiger partial charge < -0.3 is 10.6 Å². The van der Waals surface area contributed by atoms with Gasteiger partial charge in [-0.05, 0) is 49.5 Å². The van der Waals surface area contributed by atoms with Gasteiger partial charge in [-0.2, -0.15) is 0 Å². The molecular formula is C12H16N2O. The third-order valence-corrected chi connectivity index (χ3v) is 2.95. The lowest BCUT2D eigenvalue weighted by molar-refractivity contribution is -0.105. The van der Waals surface area contributed by atoms with E-state index in [-0.39, 0.29) is 0 Å². The summed E-state index contributed by atoms with van der Waals surface area (Å²) < 4.78 is 0. The van der Waals surface area contributed by atoms with Gasteiger partial charge >= 0.3 is 0 Å². The highest BCUT2D eigenvalue weighted by Crippen LogP contribution is 2.25. The molecule has 1 aromatic rings. The van der Waals surface area contributed by atoms with Gasteiger partial charge in [0, 0.05) is 5.69 Å². The second-order valence-corrected chi connectivity index (χ2v) is 3.91. The molecule has 1 saturated heterocycles. The van der Waals surface area contributed by atoms with Gasteiger partial charge in [-0.15, -0.1) is 0 Å². The maximum atomic E-state index is 10.2. The van der Waals surface area contributed by atoms with Gasteiger partial charge in [0.1, 0.15) is 0 Å². The van der Waals surface area contributed by atoms with Crippen LogP contribution >= 0.6 is 0 Å². The van der Waals surface area contributed by atoms with Crippen molar-refractivity contribution in [2.45, 2.75) is 18.8 Å². The van der Waals surface area contributed by atoms with Crippen molar-refractivity contribution in [2.24, 2.45) is 0 Å². The lowest BCUT2D eigenvalue weighted by Gasteiger charge is -2.23. The number of piperidine rings is 1. The fourth-order valence-electron chi connectivity index (χ4n) is 2.07. The zero-order valence-electron chi connectivity index (χ0n) is 8.70. The average Bonchev–Trinajstić information content (AvgIpc) is 2.32. The number of amides is 1. The van der Waals surface area contributed by atoms with Crippen LogP contribution in [0.4, 0.5) is 5.69 Å². The molecule has 1 aliphatic heterocycles. The zero-order chi connectivity index (χ0) is 10.5. The molecule has 0 bridgehead atoms. The van der Waals surface area contributed by atoms with Gasteiger partial charge in [0.05, 0.1) is 0 Å². The number of carbonyl (C=O) groups excluding carboxylic acids is 1. The van der Waals surface area contributed by atoms with Crippen LogP contribution < -0.4 is 10.6 Å². The fourth-order valence-corrected chi connectivity index (χ4v) is 2.07. The summed E-state index contributed by atoms with van der Waals surface area (Å²) in [7, 11) is 0. The van der Waals surface area contributed by atoms with Gasteiger partial charge in [-0.1, -0.05) is 12.1 Å². The van der Waals surface area contributed by atoms with Crippen LogP contribution in [0.25, 0.3) is 0 Å². The molecule has 0 aromatic heterocycles. The SMILES string of the molecule is O=CNc1ccc(C2CCNCC2)cc1. The van der Waals surface area contributed by atoms with Crippen LogP contribution in [0.3, 0.4) is 0 Å². The van der Waals surface area contributed by atoms with Gasteiger partial charge in [-0.25, -0.2) is 0 Å². The van der Waals surface area contributed by atoms with Gasteiger partial charge in [0.2, 0.25) is 6.41 Å². The first-order chi connectivity index (χ1) is 7.40. The molecule has 1 amide bonds. The summed E-state index contributed by atoms with van der Waals surface area (Å²) in [5.41, 5.74) is 2.25. The summed E-state index contributed by atoms with van der Waals surface area (Å²) in [4.78, 5) is 10.2. The molecule has 2 N–H and O–H groups in total. The molecule has 15 heavy (non-hydrogen) atoms. The van der Waals surface area contributed by atoms with Crippen LogP contribution in [-0.4, -0.2) is 19.5 Å². The summed E-state index contributed by atoms with van der Waals surface area (Å²) in [6, 6.07) is 8.15. The van der Waals surface area contributed by atoms with E-state index in [1.807, 2.05) is 12.1 Å². The van der Waals surface area contributed by atoms with Crippen LogP contribution in [-0.2, 0) is 4.79 Å². The first kappa shape index (κ1) is 10.2. The summed E-state index contributed by atoms with van der Waals surface area (Å²) >= 11 is 0. The summed E-state index contributed by atoms with van der Waals surface area (Å²) in [5, 5.41) is 6.00. The molecule has 0 aliphatic carbocycles. The van der Waals surface area contributed by atoms with Crippen molar-refractivity contribution >= 4 is 12.1 Å². The molecule has 0 atom stereocenters. The van der Waals surface area contributed by atoms with Crippen LogP contribution in [0.5, 0.6) is 0 Å². The highest BCUT2D eigenvalue weighted by atomic mass is 16.1. The fraction of sp³-hybridized carbons (Fsp3) is 0.417. The maximum Gasteiger partial charge on any atom is 0.211 e. The second kappa shape index (κ2) is 4.94. The highest BCUT2D eigenvalue weighted by Gasteiger charge is 2.14. The third-order valence-electron chi connectivity index (χ3n) is 2.95. The summed E-state index contributed by atoms with van der Waals surface area (Å²) in [5.74, 6) is 0.677. The molecule has 1 fully saturated rings. The van der Waals surface area contributed by atoms with E-state index in [0.29, 0.717) is 12.3 Å². The second-order valence-electron chi connectivity index (χ2n) is 3.91. The van der Waals surface area contributed by atoms with E-state index in [1.165, 1.54) is 18.4 Å². The van der Waals surface area contributed by atoms with E-state index in [9.17, 15) is 4.79 Å². The molecule has 1 heterocycles. The smallest absolute Gasteiger partial charge is 0.211 e. The number of carbonyl (C=O) groups is 1. The molecule has 0 unspecified atom stereocenters. The van der Waals surface area contributed by atoms with Crippen molar-refractivity contribution in [2.75, 3.05) is 18.4 Å². The summed E-state index contributed by atoms with van der Waals surface area (Å²) in [6.07, 6.45) is 3.13. The maximum absolute atomic E-state index is 10.2. The van der Waals surface area contributed by atoms with Gasteiger partial charge in [-0.3, -0.25) is 4.79 Å². The Morgan fingerprint density at radius 2 is 1.87 bits per heavy atom. The normalized spacial score (nSPS) is 17.3. The van der Waals surface area contributed by atoms with Gasteiger partial charge in [0.15, 0.2) is 0 Å². The summed E-state index contributed by atoms with van der Waals surface area (Å²) in [6.45, 7) is 2.22. The lowest BCUT2D eigenvalue weighted by Crippen LogP contribution is -2.26. The topological polar surface area (TPSA) is 41.1 Å². The minimum absolute atomic E-state index is 0.677. The van der Waals surface area contributed by atoms with E-state index in [4.69, 9.17) is 0 Å². The molecule has 2 rings (SSSR count). The minimum Gasteiger partial charge on any atom is -0.329 e. The predicted octanol–water partition coefficient (Wildman–Crippen LogP) is 1.72. The molecule has 3 nitrogen and oxygen atoms in total. The van der Waals surface area contributed by atoms with Crippen LogP contribution in [0.2, 0.25) is 0 Å². The van der Waals surface area contributed by atoms with E-state index in [2.05, 4.69) is 22.8 Å². The molecular weight excluding hydrogens is 188 g/mol. The highest BCUT2D eigenvalue weighted by molar-refractivity contribution is 5.71. The van der Waals surface area contributed by atoms with Crippen molar-refractivity contribution in [3.63, 3.8) is 0 Å². The quantitative estimate of drug-likeness (QED) is 0.736. The number of anilines is 1. The number of rotatable bonds is 3. The van der Waals surface area contributed by atoms with E-state index in [1.54, 1.807) is 0 Å². The van der Waals surface area contributed by atoms with Crippen molar-refractivity contribution in [1.29, 1.82) is 0 Å². The first-order valence-electron chi connectivity index (χ1n) is 5.41. The zero-order valence-corrected chi connectivity index (χ0v) is 8.70. The largest absolute Gasteiger partial charge is 0.329 e. The van der Waals surface area contributed by atoms with Crippen molar-refractivity contribution in [3.8, 4) is 0 Å². The van der Waals surface area contributed by atoms with Crippen molar-refractivity contribution in [3.05, 3.63) is 29.8 Å². The van der Waals surface area contributed by atoms with E-state index in [0.717, 1.165) is 18.8 Å². The average molecular weight is 204 g/mol. The third kappa shape index (κ3) is 2.57. The molecule has 1 aliphatic rings. The van der Waals surface area contributed by atoms with Crippen LogP contribution in [0, 0.1) is 0 Å². The Balaban J connectivity index is 2.04. The monoisotopic (exact) mass is 204 g/mol. The Morgan fingerprint density at radius 1 is 1.20 bits per heavy atom. The van der Waals surface area contributed by atoms with Crippen molar-refractivity contribution < 1.29 is 4.79 Å². The molecule has 1 aromatic carbocycles. The van der Waals surface area contributed by atoms with Crippen LogP contribution in [0.15, 0.2) is 24.3 Å². The molecule has 0 spiro atoms. The van der Waals surface area contributed by atoms with Gasteiger partial charge in [0.25, 0.3) is 0 Å². The Labute approximate surface area is 89.9 Å². The minimum atomic E-state index is 0.677. The Bertz CT molecular complexity index is 315. The molecule has 0 radical (unpaired) electrons. The molecule has 0 saturated carbocycles. The number of hydrogen-bond acceptors (Lipinski definition) is 2. The Morgan fingerprint density at radius 3 is 2.47 bits per heavy atom. The molecule has 3 heteroatoms. The van der Waals surface area contributed by atoms with Crippen molar-refractivity contribution in [1.82, 2.24) is 5.32 Å².